The van der Waals surface area contributed by atoms with Gasteiger partial charge in [0.15, 0.2) is 5.96 Å². The molecular weight excluding hydrogens is 520 g/mol. The smallest absolute Gasteiger partial charge is 0.243 e. The Labute approximate surface area is 207 Å². The molecular formula is C24H33FIN5O. The van der Waals surface area contributed by atoms with Crippen molar-refractivity contribution in [2.45, 2.75) is 31.8 Å². The van der Waals surface area contributed by atoms with Crippen LogP contribution in [0.3, 0.4) is 0 Å². The van der Waals surface area contributed by atoms with Gasteiger partial charge < -0.3 is 20.4 Å². The van der Waals surface area contributed by atoms with E-state index in [2.05, 4.69) is 39.6 Å². The highest BCUT2D eigenvalue weighted by atomic mass is 127. The highest BCUT2D eigenvalue weighted by molar-refractivity contribution is 14.0. The number of nitrogens with zero attached hydrogens (tertiary/aromatic N) is 3. The van der Waals surface area contributed by atoms with E-state index < -0.39 is 0 Å². The zero-order chi connectivity index (χ0) is 22.2. The number of carbonyl (C=O) groups excluding carboxylic acids is 1. The maximum absolute atomic E-state index is 14.3. The van der Waals surface area contributed by atoms with Gasteiger partial charge in [-0.25, -0.2) is 9.38 Å². The third-order valence-corrected chi connectivity index (χ3v) is 5.48. The lowest BCUT2D eigenvalue weighted by Gasteiger charge is -2.36. The lowest BCUT2D eigenvalue weighted by atomic mass is 10.0. The zero-order valence-corrected chi connectivity index (χ0v) is 21.3. The van der Waals surface area contributed by atoms with Crippen molar-refractivity contribution in [2.75, 3.05) is 38.6 Å². The molecule has 0 bridgehead atoms. The summed E-state index contributed by atoms with van der Waals surface area (Å²) in [7, 11) is 3.44. The summed E-state index contributed by atoms with van der Waals surface area (Å²) in [5, 5.41) is 6.89. The third-order valence-electron chi connectivity index (χ3n) is 5.48. The van der Waals surface area contributed by atoms with Crippen LogP contribution in [-0.2, 0) is 4.79 Å². The van der Waals surface area contributed by atoms with E-state index in [1.165, 1.54) is 11.0 Å². The highest BCUT2D eigenvalue weighted by Gasteiger charge is 2.23. The molecule has 32 heavy (non-hydrogen) atoms. The van der Waals surface area contributed by atoms with Crippen LogP contribution in [-0.4, -0.2) is 56.5 Å². The van der Waals surface area contributed by atoms with E-state index in [0.717, 1.165) is 24.9 Å². The molecule has 0 saturated carbocycles. The Bertz CT molecular complexity index is 893. The van der Waals surface area contributed by atoms with Gasteiger partial charge in [-0.15, -0.1) is 24.0 Å². The molecule has 2 unspecified atom stereocenters. The fourth-order valence-corrected chi connectivity index (χ4v) is 3.67. The number of carbonyl (C=O) groups is 1. The van der Waals surface area contributed by atoms with E-state index in [1.807, 2.05) is 30.3 Å². The second kappa shape index (κ2) is 12.6. The van der Waals surface area contributed by atoms with Gasteiger partial charge in [-0.3, -0.25) is 4.79 Å². The minimum atomic E-state index is -0.204. The van der Waals surface area contributed by atoms with Crippen LogP contribution in [0.5, 0.6) is 0 Å². The van der Waals surface area contributed by atoms with Crippen molar-refractivity contribution in [1.29, 1.82) is 0 Å². The van der Waals surface area contributed by atoms with Crippen LogP contribution in [0.2, 0.25) is 0 Å². The Kier molecular flexibility index (Phi) is 10.2. The number of anilines is 1. The summed E-state index contributed by atoms with van der Waals surface area (Å²) in [4.78, 5) is 20.2. The number of hydrogen-bond donors (Lipinski definition) is 2. The Balaban J connectivity index is 0.00000363. The van der Waals surface area contributed by atoms with Crippen LogP contribution in [0.4, 0.5) is 10.1 Å². The molecule has 1 aliphatic heterocycles. The molecule has 1 fully saturated rings. The summed E-state index contributed by atoms with van der Waals surface area (Å²) in [5.41, 5.74) is 1.76. The summed E-state index contributed by atoms with van der Waals surface area (Å²) < 4.78 is 14.3. The number of nitrogens with one attached hydrogen (secondary N) is 2. The molecule has 1 aliphatic rings. The zero-order valence-electron chi connectivity index (χ0n) is 18.9. The molecule has 0 radical (unpaired) electrons. The van der Waals surface area contributed by atoms with E-state index in [0.29, 0.717) is 18.2 Å². The molecule has 0 aliphatic carbocycles. The number of guanidine groups is 1. The van der Waals surface area contributed by atoms with Crippen molar-refractivity contribution in [1.82, 2.24) is 15.5 Å². The van der Waals surface area contributed by atoms with Crippen molar-refractivity contribution in [3.63, 3.8) is 0 Å². The van der Waals surface area contributed by atoms with Crippen molar-refractivity contribution in [2.24, 2.45) is 4.99 Å². The minimum Gasteiger partial charge on any atom is -0.367 e. The third kappa shape index (κ3) is 7.36. The summed E-state index contributed by atoms with van der Waals surface area (Å²) >= 11 is 0. The molecule has 0 spiro atoms. The van der Waals surface area contributed by atoms with E-state index in [9.17, 15) is 9.18 Å². The average molecular weight is 553 g/mol. The van der Waals surface area contributed by atoms with Crippen LogP contribution in [0.25, 0.3) is 0 Å². The summed E-state index contributed by atoms with van der Waals surface area (Å²) in [5.74, 6) is 0.321. The summed E-state index contributed by atoms with van der Waals surface area (Å²) in [6.07, 6.45) is 1.90. The fraction of sp³-hybridized carbons (Fsp3) is 0.417. The van der Waals surface area contributed by atoms with Gasteiger partial charge in [0.25, 0.3) is 0 Å². The van der Waals surface area contributed by atoms with Gasteiger partial charge in [0, 0.05) is 33.2 Å². The highest BCUT2D eigenvalue weighted by Crippen LogP contribution is 2.23. The van der Waals surface area contributed by atoms with Gasteiger partial charge in [0.05, 0.1) is 11.7 Å². The average Bonchev–Trinajstić information content (AvgIpc) is 2.78. The molecule has 2 atom stereocenters. The van der Waals surface area contributed by atoms with Gasteiger partial charge in [-0.2, -0.15) is 0 Å². The molecule has 2 aromatic carbocycles. The summed E-state index contributed by atoms with van der Waals surface area (Å²) in [6.45, 7) is 3.61. The van der Waals surface area contributed by atoms with Crippen molar-refractivity contribution >= 4 is 41.5 Å². The Morgan fingerprint density at radius 1 is 1.19 bits per heavy atom. The second-order valence-corrected chi connectivity index (χ2v) is 8.11. The second-order valence-electron chi connectivity index (χ2n) is 8.11. The predicted octanol–water partition coefficient (Wildman–Crippen LogP) is 3.80. The molecule has 2 aromatic rings. The van der Waals surface area contributed by atoms with E-state index in [-0.39, 0.29) is 54.3 Å². The lowest BCUT2D eigenvalue weighted by Crippen LogP contribution is -2.52. The topological polar surface area (TPSA) is 60.0 Å². The molecule has 3 rings (SSSR count). The molecule has 174 valence electrons. The SMILES string of the molecule is CC(NC(=NCC(=O)N(C)C)NC1CCCN(c2ccccc2F)C1)c1ccccc1.I. The molecule has 8 heteroatoms. The maximum Gasteiger partial charge on any atom is 0.243 e. The molecule has 1 heterocycles. The number of aliphatic imine (C=N–C) groups is 1. The Morgan fingerprint density at radius 3 is 2.56 bits per heavy atom. The van der Waals surface area contributed by atoms with Crippen LogP contribution in [0, 0.1) is 5.82 Å². The molecule has 2 N–H and O–H groups in total. The van der Waals surface area contributed by atoms with E-state index in [1.54, 1.807) is 20.2 Å². The lowest BCUT2D eigenvalue weighted by molar-refractivity contribution is -0.127. The molecule has 6 nitrogen and oxygen atoms in total. The number of para-hydroxylation sites is 1. The standard InChI is InChI=1S/C24H32FN5O.HI/c1-18(19-10-5-4-6-11-19)27-24(26-16-23(31)29(2)3)28-20-12-9-15-30(17-20)22-14-8-7-13-21(22)25;/h4-8,10-11,13-14,18,20H,9,12,15-17H2,1-3H3,(H2,26,27,28);1H. The number of likely N-dealkylation sites (N-methyl/N-ethyl adjacent to an activating group) is 1. The van der Waals surface area contributed by atoms with E-state index >= 15 is 0 Å². The Morgan fingerprint density at radius 2 is 1.88 bits per heavy atom. The first kappa shape index (κ1) is 25.9. The predicted molar refractivity (Wildman–Crippen MR) is 139 cm³/mol. The van der Waals surface area contributed by atoms with Crippen LogP contribution >= 0.6 is 24.0 Å². The molecule has 1 amide bonds. The number of hydrogen-bond acceptors (Lipinski definition) is 3. The number of benzene rings is 2. The first-order chi connectivity index (χ1) is 14.9. The largest absolute Gasteiger partial charge is 0.367 e. The number of halogens is 2. The monoisotopic (exact) mass is 553 g/mol. The molecule has 0 aromatic heterocycles. The van der Waals surface area contributed by atoms with Gasteiger partial charge in [0.2, 0.25) is 5.91 Å². The van der Waals surface area contributed by atoms with E-state index in [4.69, 9.17) is 0 Å². The number of amides is 1. The van der Waals surface area contributed by atoms with Crippen LogP contribution < -0.4 is 15.5 Å². The Hall–Kier alpha value is -2.36. The fourth-order valence-electron chi connectivity index (χ4n) is 3.67. The van der Waals surface area contributed by atoms with Crippen molar-refractivity contribution in [3.8, 4) is 0 Å². The van der Waals surface area contributed by atoms with Crippen LogP contribution in [0.15, 0.2) is 59.6 Å². The van der Waals surface area contributed by atoms with Gasteiger partial charge in [-0.05, 0) is 37.5 Å². The normalized spacial score (nSPS) is 17.2. The van der Waals surface area contributed by atoms with Gasteiger partial charge in [-0.1, -0.05) is 42.5 Å². The van der Waals surface area contributed by atoms with Gasteiger partial charge in [0.1, 0.15) is 12.4 Å². The quantitative estimate of drug-likeness (QED) is 0.325. The van der Waals surface area contributed by atoms with Crippen molar-refractivity contribution < 1.29 is 9.18 Å². The number of rotatable bonds is 6. The van der Waals surface area contributed by atoms with Crippen LogP contribution in [0.1, 0.15) is 31.4 Å². The first-order valence-corrected chi connectivity index (χ1v) is 10.8. The molecule has 1 saturated heterocycles. The minimum absolute atomic E-state index is 0. The van der Waals surface area contributed by atoms with Gasteiger partial charge >= 0.3 is 0 Å². The summed E-state index contributed by atoms with van der Waals surface area (Å²) in [6, 6.07) is 17.1. The van der Waals surface area contributed by atoms with Crippen molar-refractivity contribution in [3.05, 3.63) is 66.0 Å². The number of piperidine rings is 1. The maximum atomic E-state index is 14.3. The first-order valence-electron chi connectivity index (χ1n) is 10.8.